The second-order valence-corrected chi connectivity index (χ2v) is 8.10. The molecule has 0 bridgehead atoms. The van der Waals surface area contributed by atoms with Crippen molar-refractivity contribution in [1.29, 1.82) is 0 Å². The minimum atomic E-state index is -1.48. The Bertz CT molecular complexity index is 829. The van der Waals surface area contributed by atoms with E-state index < -0.39 is 22.4 Å². The molecule has 1 N–H and O–H groups in total. The quantitative estimate of drug-likeness (QED) is 0.710. The standard InChI is InChI=1S/C21H20Cl2O3/c1-19(2)20(14-17(22)23,13-15-9-5-3-6-10-15)21(19,18(24)25)26-16-11-7-4-8-12-16/h3-12,14H,13H2,1-2H3,(H,24,25). The molecule has 0 aliphatic heterocycles. The van der Waals surface area contributed by atoms with Crippen LogP contribution in [0.4, 0.5) is 0 Å². The predicted molar refractivity (Wildman–Crippen MR) is 104 cm³/mol. The topological polar surface area (TPSA) is 46.5 Å². The summed E-state index contributed by atoms with van der Waals surface area (Å²) in [6.45, 7) is 3.75. The summed E-state index contributed by atoms with van der Waals surface area (Å²) in [6, 6.07) is 18.6. The maximum atomic E-state index is 12.5. The molecule has 2 atom stereocenters. The zero-order valence-corrected chi connectivity index (χ0v) is 16.1. The highest BCUT2D eigenvalue weighted by molar-refractivity contribution is 6.56. The first-order valence-electron chi connectivity index (χ1n) is 8.32. The van der Waals surface area contributed by atoms with Gasteiger partial charge in [-0.1, -0.05) is 85.6 Å². The van der Waals surface area contributed by atoms with E-state index in [-0.39, 0.29) is 4.49 Å². The Balaban J connectivity index is 2.12. The Kier molecular flexibility index (Phi) is 4.80. The Morgan fingerprint density at radius 1 is 1.04 bits per heavy atom. The molecule has 2 aromatic rings. The van der Waals surface area contributed by atoms with Gasteiger partial charge in [-0.3, -0.25) is 0 Å². The van der Waals surface area contributed by atoms with E-state index in [2.05, 4.69) is 0 Å². The van der Waals surface area contributed by atoms with Crippen molar-refractivity contribution in [2.24, 2.45) is 10.8 Å². The van der Waals surface area contributed by atoms with E-state index in [1.807, 2.05) is 62.4 Å². The number of carboxylic acids is 1. The molecule has 136 valence electrons. The number of ether oxygens (including phenoxy) is 1. The lowest BCUT2D eigenvalue weighted by Crippen LogP contribution is -2.38. The number of aliphatic carboxylic acids is 1. The lowest BCUT2D eigenvalue weighted by Gasteiger charge is -2.21. The van der Waals surface area contributed by atoms with Crippen molar-refractivity contribution in [2.45, 2.75) is 25.9 Å². The number of halogens is 2. The van der Waals surface area contributed by atoms with Crippen molar-refractivity contribution < 1.29 is 14.6 Å². The second-order valence-electron chi connectivity index (χ2n) is 7.09. The number of benzene rings is 2. The van der Waals surface area contributed by atoms with Crippen LogP contribution in [0.2, 0.25) is 0 Å². The molecule has 1 saturated carbocycles. The summed E-state index contributed by atoms with van der Waals surface area (Å²) in [5, 5.41) is 10.2. The normalized spacial score (nSPS) is 26.0. The van der Waals surface area contributed by atoms with Crippen LogP contribution in [0.3, 0.4) is 0 Å². The molecular weight excluding hydrogens is 371 g/mol. The van der Waals surface area contributed by atoms with Gasteiger partial charge in [-0.05, 0) is 30.2 Å². The first-order valence-corrected chi connectivity index (χ1v) is 9.08. The highest BCUT2D eigenvalue weighted by Gasteiger charge is 2.88. The van der Waals surface area contributed by atoms with Gasteiger partial charge in [0.25, 0.3) is 0 Å². The van der Waals surface area contributed by atoms with Crippen molar-refractivity contribution >= 4 is 29.2 Å². The minimum absolute atomic E-state index is 0.0359. The largest absolute Gasteiger partial charge is 0.478 e. The summed E-state index contributed by atoms with van der Waals surface area (Å²) in [4.78, 5) is 12.5. The molecule has 0 spiro atoms. The van der Waals surface area contributed by atoms with Gasteiger partial charge in [0.2, 0.25) is 5.60 Å². The lowest BCUT2D eigenvalue weighted by molar-refractivity contribution is -0.150. The average Bonchev–Trinajstić information content (AvgIpc) is 2.98. The number of para-hydroxylation sites is 1. The third-order valence-electron chi connectivity index (χ3n) is 5.56. The van der Waals surface area contributed by atoms with E-state index in [1.54, 1.807) is 18.2 Å². The molecule has 1 aliphatic rings. The number of rotatable bonds is 6. The number of hydrogen-bond donors (Lipinski definition) is 1. The maximum absolute atomic E-state index is 12.5. The molecule has 2 unspecified atom stereocenters. The Morgan fingerprint density at radius 2 is 1.58 bits per heavy atom. The maximum Gasteiger partial charge on any atom is 0.349 e. The Hall–Kier alpha value is -1.97. The van der Waals surface area contributed by atoms with Gasteiger partial charge in [-0.25, -0.2) is 4.79 Å². The van der Waals surface area contributed by atoms with E-state index in [1.165, 1.54) is 0 Å². The van der Waals surface area contributed by atoms with Crippen LogP contribution in [0, 0.1) is 10.8 Å². The van der Waals surface area contributed by atoms with Crippen LogP contribution in [-0.4, -0.2) is 16.7 Å². The molecule has 2 aromatic carbocycles. The summed E-state index contributed by atoms with van der Waals surface area (Å²) >= 11 is 12.0. The van der Waals surface area contributed by atoms with Gasteiger partial charge in [-0.15, -0.1) is 0 Å². The van der Waals surface area contributed by atoms with Gasteiger partial charge in [0, 0.05) is 5.41 Å². The molecule has 3 nitrogen and oxygen atoms in total. The van der Waals surface area contributed by atoms with Crippen LogP contribution in [0.5, 0.6) is 5.75 Å². The van der Waals surface area contributed by atoms with E-state index in [9.17, 15) is 9.90 Å². The molecule has 1 fully saturated rings. The van der Waals surface area contributed by atoms with Crippen molar-refractivity contribution in [3.8, 4) is 5.75 Å². The van der Waals surface area contributed by atoms with Gasteiger partial charge >= 0.3 is 5.97 Å². The number of hydrogen-bond acceptors (Lipinski definition) is 2. The Morgan fingerprint density at radius 3 is 2.08 bits per heavy atom. The monoisotopic (exact) mass is 390 g/mol. The molecule has 0 saturated heterocycles. The average molecular weight is 391 g/mol. The van der Waals surface area contributed by atoms with E-state index in [4.69, 9.17) is 27.9 Å². The summed E-state index contributed by atoms with van der Waals surface area (Å²) < 4.78 is 6.15. The van der Waals surface area contributed by atoms with Crippen LogP contribution < -0.4 is 4.74 Å². The van der Waals surface area contributed by atoms with E-state index in [0.29, 0.717) is 12.2 Å². The SMILES string of the molecule is CC1(C)C(C=C(Cl)Cl)(Cc2ccccc2)C1(Oc1ccccc1)C(=O)O. The van der Waals surface area contributed by atoms with E-state index >= 15 is 0 Å². The highest BCUT2D eigenvalue weighted by atomic mass is 35.5. The lowest BCUT2D eigenvalue weighted by atomic mass is 9.88. The third kappa shape index (κ3) is 2.70. The number of carbonyl (C=O) groups is 1. The van der Waals surface area contributed by atoms with Gasteiger partial charge in [0.1, 0.15) is 10.2 Å². The predicted octanol–water partition coefficient (Wildman–Crippen LogP) is 5.48. The molecular formula is C21H20Cl2O3. The zero-order chi connectivity index (χ0) is 19.0. The summed E-state index contributed by atoms with van der Waals surface area (Å²) in [6.07, 6.45) is 2.07. The molecule has 5 heteroatoms. The Labute approximate surface area is 163 Å². The number of carboxylic acid groups (broad SMARTS) is 1. The van der Waals surface area contributed by atoms with Gasteiger partial charge < -0.3 is 9.84 Å². The summed E-state index contributed by atoms with van der Waals surface area (Å²) in [5.41, 5.74) is -2.10. The van der Waals surface area contributed by atoms with Crippen molar-refractivity contribution in [1.82, 2.24) is 0 Å². The fraction of sp³-hybridized carbons (Fsp3) is 0.286. The molecule has 26 heavy (non-hydrogen) atoms. The van der Waals surface area contributed by atoms with Crippen LogP contribution in [0.25, 0.3) is 0 Å². The summed E-state index contributed by atoms with van der Waals surface area (Å²) in [7, 11) is 0. The molecule has 3 rings (SSSR count). The molecule has 0 amide bonds. The van der Waals surface area contributed by atoms with Crippen molar-refractivity contribution in [3.63, 3.8) is 0 Å². The smallest absolute Gasteiger partial charge is 0.349 e. The fourth-order valence-corrected chi connectivity index (χ4v) is 4.50. The van der Waals surface area contributed by atoms with Gasteiger partial charge in [0.15, 0.2) is 0 Å². The fourth-order valence-electron chi connectivity index (χ4n) is 4.12. The molecule has 1 aliphatic carbocycles. The van der Waals surface area contributed by atoms with Crippen molar-refractivity contribution in [3.05, 3.63) is 76.8 Å². The van der Waals surface area contributed by atoms with Gasteiger partial charge in [0.05, 0.1) is 5.41 Å². The highest BCUT2D eigenvalue weighted by Crippen LogP contribution is 2.75. The minimum Gasteiger partial charge on any atom is -0.478 e. The first-order chi connectivity index (χ1) is 12.3. The van der Waals surface area contributed by atoms with Gasteiger partial charge in [-0.2, -0.15) is 0 Å². The van der Waals surface area contributed by atoms with Crippen LogP contribution >= 0.6 is 23.2 Å². The summed E-state index contributed by atoms with van der Waals surface area (Å²) in [5.74, 6) is -0.537. The zero-order valence-electron chi connectivity index (χ0n) is 14.6. The molecule has 0 aromatic heterocycles. The van der Waals surface area contributed by atoms with Crippen LogP contribution in [0.15, 0.2) is 71.2 Å². The third-order valence-corrected chi connectivity index (χ3v) is 5.78. The van der Waals surface area contributed by atoms with Crippen molar-refractivity contribution in [2.75, 3.05) is 0 Å². The molecule has 0 radical (unpaired) electrons. The van der Waals surface area contributed by atoms with Crippen LogP contribution in [-0.2, 0) is 11.2 Å². The first kappa shape index (κ1) is 18.8. The van der Waals surface area contributed by atoms with E-state index in [0.717, 1.165) is 5.56 Å². The second kappa shape index (κ2) is 6.64. The molecule has 0 heterocycles. The van der Waals surface area contributed by atoms with Crippen LogP contribution in [0.1, 0.15) is 19.4 Å².